The smallest absolute Gasteiger partial charge is 0.324 e. The van der Waals surface area contributed by atoms with Crippen molar-refractivity contribution < 1.29 is 28.9 Å². The molecule has 1 fully saturated rings. The van der Waals surface area contributed by atoms with Gasteiger partial charge in [-0.3, -0.25) is 14.6 Å². The quantitative estimate of drug-likeness (QED) is 0.0732. The Bertz CT molecular complexity index is 1950. The molecule has 0 radical (unpaired) electrons. The van der Waals surface area contributed by atoms with Gasteiger partial charge in [-0.25, -0.2) is 4.79 Å². The number of likely N-dealkylation sites (tertiary alicyclic amines) is 1. The summed E-state index contributed by atoms with van der Waals surface area (Å²) < 4.78 is 16.1. The first-order valence-electron chi connectivity index (χ1n) is 20.5. The van der Waals surface area contributed by atoms with Crippen molar-refractivity contribution >= 4 is 22.8 Å². The van der Waals surface area contributed by atoms with Gasteiger partial charge in [0.2, 0.25) is 5.91 Å². The highest BCUT2D eigenvalue weighted by molar-refractivity contribution is 5.96. The first-order chi connectivity index (χ1) is 28.1. The number of amides is 3. The second-order valence-electron chi connectivity index (χ2n) is 15.5. The molecule has 1 unspecified atom stereocenters. The van der Waals surface area contributed by atoms with E-state index in [0.717, 1.165) is 79.2 Å². The normalized spacial score (nSPS) is 17.8. The molecule has 0 saturated carbocycles. The number of H-pyrrole nitrogens is 1. The number of fused-ring (bicyclic) bond motifs is 2. The molecule has 2 heterocycles. The third kappa shape index (κ3) is 11.6. The van der Waals surface area contributed by atoms with Crippen LogP contribution in [0.5, 0.6) is 17.2 Å². The van der Waals surface area contributed by atoms with Gasteiger partial charge in [0.25, 0.3) is 0 Å². The van der Waals surface area contributed by atoms with E-state index in [2.05, 4.69) is 56.4 Å². The van der Waals surface area contributed by atoms with Crippen LogP contribution in [0.3, 0.4) is 0 Å². The zero-order chi connectivity index (χ0) is 41.6. The van der Waals surface area contributed by atoms with Crippen molar-refractivity contribution in [1.82, 2.24) is 30.3 Å². The van der Waals surface area contributed by atoms with Crippen molar-refractivity contribution in [2.75, 3.05) is 80.7 Å². The molecule has 3 aromatic carbocycles. The summed E-state index contributed by atoms with van der Waals surface area (Å²) in [5.41, 5.74) is 6.13. The first-order valence-corrected chi connectivity index (χ1v) is 20.5. The molecule has 12 heteroatoms. The minimum Gasteiger partial charge on any atom is -0.493 e. The number of rotatable bonds is 18. The fourth-order valence-electron chi connectivity index (χ4n) is 8.17. The Morgan fingerprint density at radius 2 is 1.86 bits per heavy atom. The van der Waals surface area contributed by atoms with Gasteiger partial charge in [0.1, 0.15) is 18.5 Å². The minimum atomic E-state index is -0.550. The van der Waals surface area contributed by atoms with Crippen LogP contribution >= 0.6 is 0 Å². The summed E-state index contributed by atoms with van der Waals surface area (Å²) >= 11 is 0. The summed E-state index contributed by atoms with van der Waals surface area (Å²) in [4.78, 5) is 35.9. The molecule has 6 rings (SSSR count). The Hall–Kier alpha value is -4.88. The Morgan fingerprint density at radius 3 is 2.59 bits per heavy atom. The van der Waals surface area contributed by atoms with Crippen molar-refractivity contribution in [3.05, 3.63) is 102 Å². The van der Waals surface area contributed by atoms with Gasteiger partial charge in [0.05, 0.1) is 20.1 Å². The van der Waals surface area contributed by atoms with Crippen molar-refractivity contribution in [3.8, 4) is 17.2 Å². The number of aromatic amines is 1. The number of aliphatic hydroxyl groups is 1. The average Bonchev–Trinajstić information content (AvgIpc) is 3.64. The number of nitrogens with one attached hydrogen (secondary N) is 3. The zero-order valence-electron chi connectivity index (χ0n) is 35.3. The number of aliphatic hydroxyl groups excluding tert-OH is 1. The molecular formula is C46H64N6O6. The van der Waals surface area contributed by atoms with Crippen LogP contribution in [0, 0.1) is 12.8 Å². The average molecular weight is 797 g/mol. The van der Waals surface area contributed by atoms with Crippen LogP contribution in [-0.2, 0) is 17.6 Å². The number of carbonyl (C=O) groups is 2. The highest BCUT2D eigenvalue weighted by atomic mass is 16.5. The summed E-state index contributed by atoms with van der Waals surface area (Å²) in [6.45, 7) is 12.6. The van der Waals surface area contributed by atoms with Crippen LogP contribution in [0.4, 0.5) is 4.79 Å². The highest BCUT2D eigenvalue weighted by Crippen LogP contribution is 2.45. The Labute approximate surface area is 344 Å². The third-order valence-electron chi connectivity index (χ3n) is 11.0. The van der Waals surface area contributed by atoms with Crippen LogP contribution in [-0.4, -0.2) is 130 Å². The summed E-state index contributed by atoms with van der Waals surface area (Å²) in [5.74, 6) is 2.22. The molecular weight excluding hydrogens is 733 g/mol. The molecule has 3 amide bonds. The zero-order valence-corrected chi connectivity index (χ0v) is 35.3. The van der Waals surface area contributed by atoms with Crippen molar-refractivity contribution in [3.63, 3.8) is 0 Å². The lowest BCUT2D eigenvalue weighted by Gasteiger charge is -2.47. The number of piperidine rings is 1. The van der Waals surface area contributed by atoms with Gasteiger partial charge in [-0.1, -0.05) is 36.4 Å². The van der Waals surface area contributed by atoms with E-state index in [0.29, 0.717) is 32.2 Å². The number of ether oxygens (including phenoxy) is 3. The molecule has 1 saturated heterocycles. The number of aryl methyl sites for hydroxylation is 1. The van der Waals surface area contributed by atoms with E-state index in [1.54, 1.807) is 14.2 Å². The number of urea groups is 1. The lowest BCUT2D eigenvalue weighted by molar-refractivity contribution is -0.135. The Morgan fingerprint density at radius 1 is 1.07 bits per heavy atom. The van der Waals surface area contributed by atoms with E-state index in [4.69, 9.17) is 14.2 Å². The van der Waals surface area contributed by atoms with E-state index in [9.17, 15) is 14.7 Å². The molecule has 1 aromatic heterocycles. The number of nitrogens with zero attached hydrogens (tertiary/aromatic N) is 3. The molecule has 58 heavy (non-hydrogen) atoms. The van der Waals surface area contributed by atoms with E-state index in [1.165, 1.54) is 21.4 Å². The van der Waals surface area contributed by atoms with Gasteiger partial charge in [-0.2, -0.15) is 0 Å². The molecule has 0 bridgehead atoms. The molecule has 4 atom stereocenters. The topological polar surface area (TPSA) is 132 Å². The third-order valence-corrected chi connectivity index (χ3v) is 11.0. The number of aromatic nitrogens is 1. The van der Waals surface area contributed by atoms with Gasteiger partial charge in [-0.05, 0) is 119 Å². The molecule has 1 aliphatic heterocycles. The maximum atomic E-state index is 13.7. The lowest BCUT2D eigenvalue weighted by Crippen LogP contribution is -2.55. The predicted octanol–water partition coefficient (Wildman–Crippen LogP) is 5.78. The summed E-state index contributed by atoms with van der Waals surface area (Å²) in [7, 11) is 7.26. The van der Waals surface area contributed by atoms with Gasteiger partial charge < -0.3 is 39.8 Å². The molecule has 4 N–H and O–H groups in total. The first kappa shape index (κ1) is 44.2. The van der Waals surface area contributed by atoms with Crippen molar-refractivity contribution in [2.24, 2.45) is 5.92 Å². The number of benzene rings is 3. The van der Waals surface area contributed by atoms with Gasteiger partial charge in [0.15, 0.2) is 11.5 Å². The van der Waals surface area contributed by atoms with Gasteiger partial charge in [-0.15, -0.1) is 6.58 Å². The predicted molar refractivity (Wildman–Crippen MR) is 231 cm³/mol. The molecule has 2 aliphatic rings. The van der Waals surface area contributed by atoms with Crippen LogP contribution in [0.1, 0.15) is 47.9 Å². The summed E-state index contributed by atoms with van der Waals surface area (Å²) in [6.07, 6.45) is 6.85. The van der Waals surface area contributed by atoms with E-state index in [1.807, 2.05) is 76.5 Å². The standard InChI is InChI=1S/C26H37N5O2.C20H27NO4/c1-5-11-30-17-19(25(32)31(26(33)27-6-2)13-8-12-29(3)4)14-21-20-9-7-10-22-24(20)18(16-28-22)15-23(21)30;1-15-5-4-6-18(11-15)25-14-17(22)13-21-10-9-16-7-8-19(23-2)20(12-16)24-3/h5,7,9-10,16,19,21,23,28H,1,6,8,11-15,17H2,2-4H3,(H,27,33);4-8,11-12,17,21-22H,9-10,13-14H2,1-3H3/t19-,21-,23-;/m1./s1. The number of hydrogen-bond acceptors (Lipinski definition) is 9. The lowest BCUT2D eigenvalue weighted by atomic mass is 9.72. The number of methoxy groups -OCH3 is 2. The molecule has 12 nitrogen and oxygen atoms in total. The summed E-state index contributed by atoms with van der Waals surface area (Å²) in [6, 6.07) is 20.2. The van der Waals surface area contributed by atoms with E-state index in [-0.39, 0.29) is 30.4 Å². The fourth-order valence-corrected chi connectivity index (χ4v) is 8.17. The number of imide groups is 1. The highest BCUT2D eigenvalue weighted by Gasteiger charge is 2.44. The minimum absolute atomic E-state index is 0.0562. The largest absolute Gasteiger partial charge is 0.493 e. The Kier molecular flexibility index (Phi) is 16.6. The maximum absolute atomic E-state index is 13.7. The fraction of sp³-hybridized carbons (Fsp3) is 0.478. The summed E-state index contributed by atoms with van der Waals surface area (Å²) in [5, 5.41) is 17.4. The molecule has 4 aromatic rings. The monoisotopic (exact) mass is 796 g/mol. The van der Waals surface area contributed by atoms with Gasteiger partial charge >= 0.3 is 6.03 Å². The number of carbonyl (C=O) groups excluding carboxylic acids is 2. The van der Waals surface area contributed by atoms with E-state index < -0.39 is 6.10 Å². The van der Waals surface area contributed by atoms with Crippen LogP contribution < -0.4 is 24.8 Å². The second-order valence-corrected chi connectivity index (χ2v) is 15.5. The molecule has 0 spiro atoms. The maximum Gasteiger partial charge on any atom is 0.324 e. The SMILES string of the molecule is C=CCN1C[C@H](C(=O)N(CCCN(C)C)C(=O)NCC)C[C@@H]2c3cccc4[nH]cc(c34)C[C@H]21.COc1ccc(CCNCC(O)COc2cccc(C)c2)cc1OC. The van der Waals surface area contributed by atoms with Crippen molar-refractivity contribution in [2.45, 2.75) is 57.6 Å². The number of hydrogen-bond donors (Lipinski definition) is 4. The molecule has 314 valence electrons. The van der Waals surface area contributed by atoms with Crippen LogP contribution in [0.15, 0.2) is 79.5 Å². The Balaban J connectivity index is 0.000000230. The van der Waals surface area contributed by atoms with Crippen molar-refractivity contribution in [1.29, 1.82) is 0 Å². The van der Waals surface area contributed by atoms with Crippen LogP contribution in [0.25, 0.3) is 10.9 Å². The van der Waals surface area contributed by atoms with E-state index >= 15 is 0 Å². The molecule has 1 aliphatic carbocycles. The van der Waals surface area contributed by atoms with Gasteiger partial charge in [0, 0.05) is 61.8 Å². The van der Waals surface area contributed by atoms with Crippen LogP contribution in [0.2, 0.25) is 0 Å². The second kappa shape index (κ2) is 21.8.